The highest BCUT2D eigenvalue weighted by molar-refractivity contribution is 6.33. The monoisotopic (exact) mass is 477 g/mol. The van der Waals surface area contributed by atoms with Gasteiger partial charge >= 0.3 is 6.16 Å². The van der Waals surface area contributed by atoms with Crippen molar-refractivity contribution in [2.45, 2.75) is 26.7 Å². The minimum Gasteiger partial charge on any atom is -0.410 e. The summed E-state index contributed by atoms with van der Waals surface area (Å²) in [5.74, 6) is 0.828. The number of rotatable bonds is 7. The molecule has 1 unspecified atom stereocenters. The summed E-state index contributed by atoms with van der Waals surface area (Å²) in [5, 5.41) is 9.81. The van der Waals surface area contributed by atoms with Crippen molar-refractivity contribution in [1.82, 2.24) is 9.80 Å². The summed E-state index contributed by atoms with van der Waals surface area (Å²) in [6.45, 7) is 4.65. The molecule has 0 radical (unpaired) electrons. The Kier molecular flexibility index (Phi) is 7.44. The maximum absolute atomic E-state index is 12.3. The van der Waals surface area contributed by atoms with E-state index in [0.717, 1.165) is 5.56 Å². The van der Waals surface area contributed by atoms with Gasteiger partial charge in [-0.25, -0.2) is 9.79 Å². The van der Waals surface area contributed by atoms with E-state index in [-0.39, 0.29) is 12.4 Å². The van der Waals surface area contributed by atoms with E-state index in [0.29, 0.717) is 41.0 Å². The molecule has 1 fully saturated rings. The second-order valence-electron chi connectivity index (χ2n) is 7.41. The number of carbonyl (C=O) groups excluding carboxylic acids is 1. The van der Waals surface area contributed by atoms with Gasteiger partial charge in [0.15, 0.2) is 6.23 Å². The standard InChI is InChI=1S/C21H24ClN5O6/c1-13-10-16(23)11-18(22)19(13)24-20-25(3)8-9-26(20)14(2)32-21(28)33-17-6-4-15(5-7-17)12-31-27(29)30/h4-7,10-11,14H,8-9,12,23H2,1-3H3. The Hall–Kier alpha value is -3.73. The average molecular weight is 478 g/mol. The van der Waals surface area contributed by atoms with Crippen LogP contribution in [0.3, 0.4) is 0 Å². The predicted molar refractivity (Wildman–Crippen MR) is 122 cm³/mol. The SMILES string of the molecule is Cc1cc(N)cc(Cl)c1N=C1N(C)CCN1C(C)OC(=O)Oc1ccc(CO[N+](=O)[O-])cc1. The van der Waals surface area contributed by atoms with Crippen LogP contribution in [0.1, 0.15) is 18.1 Å². The topological polar surface area (TPSA) is 133 Å². The quantitative estimate of drug-likeness (QED) is 0.208. The van der Waals surface area contributed by atoms with Gasteiger partial charge in [0.1, 0.15) is 12.4 Å². The van der Waals surface area contributed by atoms with Gasteiger partial charge < -0.3 is 29.8 Å². The van der Waals surface area contributed by atoms with Crippen LogP contribution in [0.4, 0.5) is 16.2 Å². The molecule has 1 atom stereocenters. The summed E-state index contributed by atoms with van der Waals surface area (Å²) >= 11 is 6.34. The zero-order chi connectivity index (χ0) is 24.1. The number of hydrogen-bond donors (Lipinski definition) is 1. The fourth-order valence-electron chi connectivity index (χ4n) is 3.28. The molecule has 0 aliphatic carbocycles. The van der Waals surface area contributed by atoms with Crippen LogP contribution in [-0.2, 0) is 16.2 Å². The zero-order valence-electron chi connectivity index (χ0n) is 18.4. The molecule has 0 amide bonds. The summed E-state index contributed by atoms with van der Waals surface area (Å²) in [6, 6.07) is 9.51. The Labute approximate surface area is 195 Å². The van der Waals surface area contributed by atoms with Crippen molar-refractivity contribution in [2.75, 3.05) is 25.9 Å². The van der Waals surface area contributed by atoms with Crippen molar-refractivity contribution < 1.29 is 24.2 Å². The lowest BCUT2D eigenvalue weighted by molar-refractivity contribution is -0.763. The fourth-order valence-corrected chi connectivity index (χ4v) is 3.60. The molecule has 0 aromatic heterocycles. The molecule has 3 rings (SSSR count). The van der Waals surface area contributed by atoms with Crippen LogP contribution in [-0.4, -0.2) is 53.4 Å². The molecule has 33 heavy (non-hydrogen) atoms. The van der Waals surface area contributed by atoms with Gasteiger partial charge in [0.05, 0.1) is 10.7 Å². The van der Waals surface area contributed by atoms with Crippen molar-refractivity contribution in [3.63, 3.8) is 0 Å². The van der Waals surface area contributed by atoms with Crippen LogP contribution < -0.4 is 10.5 Å². The average Bonchev–Trinajstić information content (AvgIpc) is 3.10. The Balaban J connectivity index is 1.66. The van der Waals surface area contributed by atoms with Crippen molar-refractivity contribution >= 4 is 35.1 Å². The molecule has 0 spiro atoms. The minimum atomic E-state index is -0.896. The van der Waals surface area contributed by atoms with E-state index >= 15 is 0 Å². The number of nitrogens with zero attached hydrogens (tertiary/aromatic N) is 4. The molecule has 1 aliphatic rings. The Bertz CT molecular complexity index is 1040. The Morgan fingerprint density at radius 2 is 2.00 bits per heavy atom. The zero-order valence-corrected chi connectivity index (χ0v) is 19.1. The largest absolute Gasteiger partial charge is 0.515 e. The van der Waals surface area contributed by atoms with Gasteiger partial charge in [-0.2, -0.15) is 0 Å². The summed E-state index contributed by atoms with van der Waals surface area (Å²) in [7, 11) is 1.88. The van der Waals surface area contributed by atoms with E-state index < -0.39 is 17.5 Å². The predicted octanol–water partition coefficient (Wildman–Crippen LogP) is 3.74. The van der Waals surface area contributed by atoms with Gasteiger partial charge in [0.2, 0.25) is 5.96 Å². The highest BCUT2D eigenvalue weighted by atomic mass is 35.5. The third-order valence-electron chi connectivity index (χ3n) is 4.93. The summed E-state index contributed by atoms with van der Waals surface area (Å²) in [6.07, 6.45) is -1.56. The van der Waals surface area contributed by atoms with E-state index in [1.807, 2.05) is 23.8 Å². The number of anilines is 1. The lowest BCUT2D eigenvalue weighted by Gasteiger charge is -2.26. The second kappa shape index (κ2) is 10.3. The van der Waals surface area contributed by atoms with Gasteiger partial charge in [0, 0.05) is 25.8 Å². The molecule has 176 valence electrons. The lowest BCUT2D eigenvalue weighted by Crippen LogP contribution is -2.40. The smallest absolute Gasteiger partial charge is 0.410 e. The normalized spacial score (nSPS) is 15.5. The third kappa shape index (κ3) is 6.16. The maximum atomic E-state index is 12.3. The van der Waals surface area contributed by atoms with Crippen molar-refractivity contribution in [1.29, 1.82) is 0 Å². The van der Waals surface area contributed by atoms with Crippen LogP contribution >= 0.6 is 11.6 Å². The van der Waals surface area contributed by atoms with Gasteiger partial charge in [-0.3, -0.25) is 0 Å². The van der Waals surface area contributed by atoms with E-state index in [4.69, 9.17) is 31.8 Å². The molecule has 2 aromatic rings. The van der Waals surface area contributed by atoms with Crippen LogP contribution in [0.15, 0.2) is 41.4 Å². The van der Waals surface area contributed by atoms with Gasteiger partial charge in [-0.05, 0) is 49.2 Å². The number of hydrogen-bond acceptors (Lipinski definition) is 8. The summed E-state index contributed by atoms with van der Waals surface area (Å²) < 4.78 is 10.6. The van der Waals surface area contributed by atoms with E-state index in [2.05, 4.69) is 4.84 Å². The van der Waals surface area contributed by atoms with Gasteiger partial charge in [0.25, 0.3) is 5.09 Å². The molecule has 1 heterocycles. The molecule has 12 heteroatoms. The Morgan fingerprint density at radius 3 is 2.64 bits per heavy atom. The number of aryl methyl sites for hydroxylation is 1. The second-order valence-corrected chi connectivity index (χ2v) is 7.81. The molecule has 1 aliphatic heterocycles. The first kappa shape index (κ1) is 23.9. The summed E-state index contributed by atoms with van der Waals surface area (Å²) in [5.41, 5.74) is 8.36. The van der Waals surface area contributed by atoms with E-state index in [1.54, 1.807) is 31.2 Å². The number of nitrogen functional groups attached to an aromatic ring is 1. The number of benzene rings is 2. The number of ether oxygens (including phenoxy) is 2. The van der Waals surface area contributed by atoms with Crippen molar-refractivity contribution in [2.24, 2.45) is 4.99 Å². The van der Waals surface area contributed by atoms with Crippen LogP contribution in [0.2, 0.25) is 5.02 Å². The molecule has 2 N–H and O–H groups in total. The van der Waals surface area contributed by atoms with Crippen LogP contribution in [0, 0.1) is 17.0 Å². The highest BCUT2D eigenvalue weighted by Crippen LogP contribution is 2.32. The molecule has 0 saturated carbocycles. The molecule has 11 nitrogen and oxygen atoms in total. The van der Waals surface area contributed by atoms with E-state index in [1.165, 1.54) is 12.1 Å². The molecule has 2 aromatic carbocycles. The first-order chi connectivity index (χ1) is 15.6. The number of likely N-dealkylation sites (N-methyl/N-ethyl adjacent to an activating group) is 1. The molecule has 0 bridgehead atoms. The maximum Gasteiger partial charge on any atom is 0.515 e. The molecular formula is C21H24ClN5O6. The van der Waals surface area contributed by atoms with Crippen molar-refractivity contribution in [3.05, 3.63) is 62.7 Å². The number of carbonyl (C=O) groups is 1. The molecular weight excluding hydrogens is 454 g/mol. The number of guanidine groups is 1. The first-order valence-electron chi connectivity index (χ1n) is 10.0. The van der Waals surface area contributed by atoms with E-state index in [9.17, 15) is 14.9 Å². The minimum absolute atomic E-state index is 0.198. The Morgan fingerprint density at radius 1 is 1.30 bits per heavy atom. The lowest BCUT2D eigenvalue weighted by atomic mass is 10.2. The van der Waals surface area contributed by atoms with Crippen molar-refractivity contribution in [3.8, 4) is 5.75 Å². The third-order valence-corrected chi connectivity index (χ3v) is 5.22. The van der Waals surface area contributed by atoms with Gasteiger partial charge in [-0.15, -0.1) is 10.1 Å². The first-order valence-corrected chi connectivity index (χ1v) is 10.4. The summed E-state index contributed by atoms with van der Waals surface area (Å²) in [4.78, 5) is 35.3. The highest BCUT2D eigenvalue weighted by Gasteiger charge is 2.30. The van der Waals surface area contributed by atoms with Crippen LogP contribution in [0.25, 0.3) is 0 Å². The number of aliphatic imine (C=N–C) groups is 1. The van der Waals surface area contributed by atoms with Crippen LogP contribution in [0.5, 0.6) is 5.75 Å². The number of halogens is 1. The van der Waals surface area contributed by atoms with Gasteiger partial charge in [-0.1, -0.05) is 23.7 Å². The fraction of sp³-hybridized carbons (Fsp3) is 0.333. The number of nitrogens with two attached hydrogens (primary N) is 1. The molecule has 1 saturated heterocycles.